The Morgan fingerprint density at radius 3 is 2.86 bits per heavy atom. The molecule has 1 aromatic carbocycles. The topological polar surface area (TPSA) is 69.7 Å². The van der Waals surface area contributed by atoms with Gasteiger partial charge in [0.15, 0.2) is 10.8 Å². The molecule has 2 aliphatic heterocycles. The second-order valence-corrected chi connectivity index (χ2v) is 8.23. The molecule has 0 saturated carbocycles. The predicted molar refractivity (Wildman–Crippen MR) is 106 cm³/mol. The highest BCUT2D eigenvalue weighted by Crippen LogP contribution is 2.51. The van der Waals surface area contributed by atoms with Crippen LogP contribution < -0.4 is 10.5 Å². The SMILES string of the molecule is COc1cncc(-c2cc(F)cc([C@]34CO[C@@H](C)C[C@@]3(F)CSC(N)=N4)c2)c1. The van der Waals surface area contributed by atoms with Crippen LogP contribution in [0.3, 0.4) is 0 Å². The average Bonchev–Trinajstić information content (AvgIpc) is 2.68. The number of thioether (sulfide) groups is 1. The third kappa shape index (κ3) is 3.14. The van der Waals surface area contributed by atoms with Crippen LogP contribution in [0, 0.1) is 5.82 Å². The summed E-state index contributed by atoms with van der Waals surface area (Å²) >= 11 is 1.18. The molecule has 8 heteroatoms. The van der Waals surface area contributed by atoms with Crippen LogP contribution in [0.2, 0.25) is 0 Å². The van der Waals surface area contributed by atoms with Gasteiger partial charge in [0.2, 0.25) is 0 Å². The lowest BCUT2D eigenvalue weighted by atomic mass is 9.72. The number of alkyl halides is 1. The molecule has 148 valence electrons. The Labute approximate surface area is 166 Å². The molecule has 0 radical (unpaired) electrons. The molecular formula is C20H21F2N3O2S. The molecule has 4 rings (SSSR count). The molecule has 1 aromatic heterocycles. The van der Waals surface area contributed by atoms with Crippen molar-refractivity contribution in [3.05, 3.63) is 48.0 Å². The number of fused-ring (bicyclic) bond motifs is 1. The molecule has 0 spiro atoms. The smallest absolute Gasteiger partial charge is 0.155 e. The second-order valence-electron chi connectivity index (χ2n) is 7.23. The largest absolute Gasteiger partial charge is 0.495 e. The van der Waals surface area contributed by atoms with E-state index in [0.29, 0.717) is 22.4 Å². The molecule has 2 aliphatic rings. The van der Waals surface area contributed by atoms with E-state index in [4.69, 9.17) is 15.2 Å². The Morgan fingerprint density at radius 2 is 2.07 bits per heavy atom. The minimum atomic E-state index is -1.68. The van der Waals surface area contributed by atoms with Crippen LogP contribution >= 0.6 is 11.8 Å². The first kappa shape index (κ1) is 19.1. The van der Waals surface area contributed by atoms with E-state index in [1.54, 1.807) is 24.5 Å². The number of benzene rings is 1. The number of amidine groups is 1. The van der Waals surface area contributed by atoms with Gasteiger partial charge in [-0.15, -0.1) is 0 Å². The van der Waals surface area contributed by atoms with Gasteiger partial charge in [0.25, 0.3) is 0 Å². The third-order valence-electron chi connectivity index (χ3n) is 5.34. The Bertz CT molecular complexity index is 941. The molecule has 1 saturated heterocycles. The highest BCUT2D eigenvalue weighted by Gasteiger charge is 2.59. The van der Waals surface area contributed by atoms with Crippen molar-refractivity contribution in [1.82, 2.24) is 4.98 Å². The number of rotatable bonds is 3. The van der Waals surface area contributed by atoms with Gasteiger partial charge < -0.3 is 15.2 Å². The number of aromatic nitrogens is 1. The number of methoxy groups -OCH3 is 1. The number of nitrogens with two attached hydrogens (primary N) is 1. The quantitative estimate of drug-likeness (QED) is 0.844. The van der Waals surface area contributed by atoms with Crippen molar-refractivity contribution in [1.29, 1.82) is 0 Å². The molecular weight excluding hydrogens is 384 g/mol. The minimum Gasteiger partial charge on any atom is -0.495 e. The van der Waals surface area contributed by atoms with Gasteiger partial charge in [-0.25, -0.2) is 13.8 Å². The van der Waals surface area contributed by atoms with Crippen LogP contribution in [0.5, 0.6) is 5.75 Å². The van der Waals surface area contributed by atoms with E-state index in [2.05, 4.69) is 9.98 Å². The minimum absolute atomic E-state index is 0.00514. The van der Waals surface area contributed by atoms with Gasteiger partial charge in [-0.2, -0.15) is 0 Å². The highest BCUT2D eigenvalue weighted by molar-refractivity contribution is 8.13. The predicted octanol–water partition coefficient (Wildman–Crippen LogP) is 3.67. The summed E-state index contributed by atoms with van der Waals surface area (Å²) in [7, 11) is 1.53. The molecule has 2 N–H and O–H groups in total. The van der Waals surface area contributed by atoms with Crippen molar-refractivity contribution in [2.45, 2.75) is 30.7 Å². The number of hydrogen-bond donors (Lipinski definition) is 1. The number of nitrogens with zero attached hydrogens (tertiary/aromatic N) is 2. The van der Waals surface area contributed by atoms with E-state index in [0.717, 1.165) is 0 Å². The summed E-state index contributed by atoms with van der Waals surface area (Å²) in [6, 6.07) is 6.19. The average molecular weight is 405 g/mol. The van der Waals surface area contributed by atoms with Gasteiger partial charge in [0, 0.05) is 23.9 Å². The molecule has 0 aliphatic carbocycles. The molecule has 5 nitrogen and oxygen atoms in total. The Balaban J connectivity index is 1.87. The van der Waals surface area contributed by atoms with Crippen molar-refractivity contribution in [2.75, 3.05) is 19.5 Å². The van der Waals surface area contributed by atoms with Crippen LogP contribution in [0.4, 0.5) is 8.78 Å². The lowest BCUT2D eigenvalue weighted by Gasteiger charge is -2.49. The number of ether oxygens (including phenoxy) is 2. The summed E-state index contributed by atoms with van der Waals surface area (Å²) in [5.41, 5.74) is 4.52. The highest BCUT2D eigenvalue weighted by atomic mass is 32.2. The first-order valence-electron chi connectivity index (χ1n) is 8.94. The Hall–Kier alpha value is -2.19. The normalized spacial score (nSPS) is 29.7. The van der Waals surface area contributed by atoms with E-state index >= 15 is 4.39 Å². The zero-order chi connectivity index (χ0) is 19.9. The summed E-state index contributed by atoms with van der Waals surface area (Å²) in [4.78, 5) is 8.59. The van der Waals surface area contributed by atoms with Crippen LogP contribution in [0.1, 0.15) is 18.9 Å². The molecule has 0 bridgehead atoms. The maximum atomic E-state index is 16.1. The van der Waals surface area contributed by atoms with E-state index in [-0.39, 0.29) is 30.1 Å². The van der Waals surface area contributed by atoms with Gasteiger partial charge in [-0.05, 0) is 42.3 Å². The van der Waals surface area contributed by atoms with Crippen molar-refractivity contribution in [2.24, 2.45) is 10.7 Å². The molecule has 3 heterocycles. The maximum Gasteiger partial charge on any atom is 0.155 e. The van der Waals surface area contributed by atoms with Crippen molar-refractivity contribution < 1.29 is 18.3 Å². The molecule has 0 amide bonds. The lowest BCUT2D eigenvalue weighted by Crippen LogP contribution is -2.60. The van der Waals surface area contributed by atoms with E-state index in [1.807, 2.05) is 6.92 Å². The monoisotopic (exact) mass is 405 g/mol. The molecule has 28 heavy (non-hydrogen) atoms. The van der Waals surface area contributed by atoms with Crippen LogP contribution in [0.25, 0.3) is 11.1 Å². The number of hydrogen-bond acceptors (Lipinski definition) is 6. The lowest BCUT2D eigenvalue weighted by molar-refractivity contribution is -0.106. The fourth-order valence-corrected chi connectivity index (χ4v) is 4.84. The van der Waals surface area contributed by atoms with E-state index < -0.39 is 17.0 Å². The Kier molecular flexibility index (Phi) is 4.79. The maximum absolute atomic E-state index is 16.1. The first-order chi connectivity index (χ1) is 13.3. The summed E-state index contributed by atoms with van der Waals surface area (Å²) in [5, 5.41) is 0.278. The third-order valence-corrected chi connectivity index (χ3v) is 6.33. The number of halogens is 2. The van der Waals surface area contributed by atoms with Crippen LogP contribution in [-0.2, 0) is 10.3 Å². The summed E-state index contributed by atoms with van der Waals surface area (Å²) in [6.45, 7) is 1.84. The molecule has 1 fully saturated rings. The fourth-order valence-electron chi connectivity index (χ4n) is 3.89. The fraction of sp³-hybridized carbons (Fsp3) is 0.400. The second kappa shape index (κ2) is 7.00. The van der Waals surface area contributed by atoms with Crippen molar-refractivity contribution >= 4 is 16.9 Å². The van der Waals surface area contributed by atoms with Gasteiger partial charge >= 0.3 is 0 Å². The Morgan fingerprint density at radius 1 is 1.25 bits per heavy atom. The van der Waals surface area contributed by atoms with Crippen LogP contribution in [0.15, 0.2) is 41.7 Å². The first-order valence-corrected chi connectivity index (χ1v) is 9.93. The van der Waals surface area contributed by atoms with Gasteiger partial charge in [0.05, 0.1) is 26.0 Å². The zero-order valence-corrected chi connectivity index (χ0v) is 16.4. The standard InChI is InChI=1S/C20H21F2N3O2S/c1-12-7-19(22)11-28-18(23)25-20(19,10-27-12)15-3-13(4-16(21)6-15)14-5-17(26-2)9-24-8-14/h3-6,8-9,12H,7,10-11H2,1-2H3,(H2,23,25)/t12-,19+,20+/m0/s1. The van der Waals surface area contributed by atoms with Crippen molar-refractivity contribution in [3.8, 4) is 16.9 Å². The number of aliphatic imine (C=N–C) groups is 1. The van der Waals surface area contributed by atoms with Crippen molar-refractivity contribution in [3.63, 3.8) is 0 Å². The van der Waals surface area contributed by atoms with Crippen LogP contribution in [-0.4, -0.2) is 41.4 Å². The number of pyridine rings is 1. The molecule has 3 atom stereocenters. The van der Waals surface area contributed by atoms with E-state index in [9.17, 15) is 4.39 Å². The molecule has 0 unspecified atom stereocenters. The summed E-state index contributed by atoms with van der Waals surface area (Å²) in [5.74, 6) is 0.216. The molecule has 2 aromatic rings. The zero-order valence-electron chi connectivity index (χ0n) is 15.6. The van der Waals surface area contributed by atoms with Gasteiger partial charge in [0.1, 0.15) is 17.1 Å². The van der Waals surface area contributed by atoms with Gasteiger partial charge in [-0.1, -0.05) is 11.8 Å². The van der Waals surface area contributed by atoms with Gasteiger partial charge in [-0.3, -0.25) is 4.98 Å². The summed E-state index contributed by atoms with van der Waals surface area (Å²) in [6.07, 6.45) is 3.09. The summed E-state index contributed by atoms with van der Waals surface area (Å²) < 4.78 is 41.7. The van der Waals surface area contributed by atoms with E-state index in [1.165, 1.54) is 31.0 Å².